The van der Waals surface area contributed by atoms with E-state index in [1.807, 2.05) is 0 Å². The Morgan fingerprint density at radius 3 is 2.60 bits per heavy atom. The van der Waals surface area contributed by atoms with E-state index >= 15 is 0 Å². The van der Waals surface area contributed by atoms with Gasteiger partial charge in [-0.2, -0.15) is 0 Å². The molecule has 0 aliphatic carbocycles. The molecule has 25 heavy (non-hydrogen) atoms. The maximum atomic E-state index is 12.7. The molecule has 2 aromatic rings. The fourth-order valence-electron chi connectivity index (χ4n) is 3.41. The van der Waals surface area contributed by atoms with Crippen molar-refractivity contribution >= 4 is 16.8 Å². The molecule has 0 unspecified atom stereocenters. The average molecular weight is 347 g/mol. The van der Waals surface area contributed by atoms with Crippen molar-refractivity contribution in [2.24, 2.45) is 0 Å². The van der Waals surface area contributed by atoms with Gasteiger partial charge in [-0.25, -0.2) is 0 Å². The molecule has 2 heterocycles. The zero-order valence-corrected chi connectivity index (χ0v) is 15.1. The third-order valence-corrected chi connectivity index (χ3v) is 4.64. The van der Waals surface area contributed by atoms with Crippen LogP contribution in [0.1, 0.15) is 23.3 Å². The van der Waals surface area contributed by atoms with Crippen molar-refractivity contribution < 1.29 is 19.0 Å². The smallest absolute Gasteiger partial charge is 0.267 e. The molecule has 0 saturated carbocycles. The van der Waals surface area contributed by atoms with Gasteiger partial charge in [-0.3, -0.25) is 4.79 Å². The highest BCUT2D eigenvalue weighted by Gasteiger charge is 2.23. The third kappa shape index (κ3) is 3.37. The lowest BCUT2D eigenvalue weighted by Gasteiger charge is -2.30. The molecule has 1 aromatic heterocycles. The van der Waals surface area contributed by atoms with E-state index in [9.17, 15) is 4.79 Å². The van der Waals surface area contributed by atoms with Gasteiger partial charge in [0.1, 0.15) is 11.4 Å². The molecule has 1 aromatic carbocycles. The first-order chi connectivity index (χ1) is 12.1. The van der Waals surface area contributed by atoms with Crippen LogP contribution in [-0.2, 0) is 0 Å². The van der Waals surface area contributed by atoms with Crippen LogP contribution in [0.3, 0.4) is 0 Å². The van der Waals surface area contributed by atoms with Crippen LogP contribution in [0.5, 0.6) is 17.2 Å². The molecule has 3 rings (SSSR count). The van der Waals surface area contributed by atoms with Gasteiger partial charge in [0.15, 0.2) is 11.5 Å². The van der Waals surface area contributed by atoms with Crippen molar-refractivity contribution in [3.8, 4) is 17.2 Å². The van der Waals surface area contributed by atoms with Crippen molar-refractivity contribution in [2.45, 2.75) is 18.9 Å². The summed E-state index contributed by atoms with van der Waals surface area (Å²) in [5.74, 6) is 1.60. The molecule has 1 aliphatic rings. The Hall–Kier alpha value is -2.41. The number of aromatic nitrogens is 1. The number of nitrogens with one attached hydrogen (secondary N) is 2. The Balaban J connectivity index is 1.93. The van der Waals surface area contributed by atoms with E-state index in [1.165, 1.54) is 0 Å². The summed E-state index contributed by atoms with van der Waals surface area (Å²) >= 11 is 0. The number of carbonyl (C=O) groups is 1. The summed E-state index contributed by atoms with van der Waals surface area (Å²) < 4.78 is 16.2. The van der Waals surface area contributed by atoms with Gasteiger partial charge in [-0.15, -0.1) is 0 Å². The Morgan fingerprint density at radius 2 is 1.96 bits per heavy atom. The number of hydrogen-bond acceptors (Lipinski definition) is 5. The second-order valence-corrected chi connectivity index (χ2v) is 6.36. The maximum absolute atomic E-state index is 12.7. The van der Waals surface area contributed by atoms with Crippen molar-refractivity contribution in [3.05, 3.63) is 17.8 Å². The summed E-state index contributed by atoms with van der Waals surface area (Å²) in [6.45, 7) is 1.94. The van der Waals surface area contributed by atoms with Crippen LogP contribution >= 0.6 is 0 Å². The fourth-order valence-corrected chi connectivity index (χ4v) is 3.41. The second-order valence-electron chi connectivity index (χ2n) is 6.36. The van der Waals surface area contributed by atoms with E-state index in [-0.39, 0.29) is 11.9 Å². The largest absolute Gasteiger partial charge is 0.496 e. The molecule has 1 atom stereocenters. The number of aromatic amines is 1. The number of likely N-dealkylation sites (tertiary alicyclic amines) is 1. The Kier molecular flexibility index (Phi) is 5.03. The lowest BCUT2D eigenvalue weighted by atomic mass is 10.1. The van der Waals surface area contributed by atoms with Gasteiger partial charge in [0.25, 0.3) is 5.91 Å². The van der Waals surface area contributed by atoms with Gasteiger partial charge in [-0.05, 0) is 32.5 Å². The van der Waals surface area contributed by atoms with Crippen LogP contribution in [-0.4, -0.2) is 63.3 Å². The summed E-state index contributed by atoms with van der Waals surface area (Å²) in [5.41, 5.74) is 1.16. The van der Waals surface area contributed by atoms with Crippen molar-refractivity contribution in [2.75, 3.05) is 41.5 Å². The molecule has 1 amide bonds. The SMILES string of the molecule is COc1cc(OC)c2cc(C(=O)N[C@H]3CCCN(C)C3)[nH]c2c1OC. The van der Waals surface area contributed by atoms with Gasteiger partial charge in [-0.1, -0.05) is 0 Å². The Bertz CT molecular complexity index is 771. The number of carbonyl (C=O) groups excluding carboxylic acids is 1. The Morgan fingerprint density at radius 1 is 1.20 bits per heavy atom. The number of piperidine rings is 1. The molecule has 7 nitrogen and oxygen atoms in total. The van der Waals surface area contributed by atoms with E-state index in [0.29, 0.717) is 28.5 Å². The second kappa shape index (κ2) is 7.23. The van der Waals surface area contributed by atoms with Gasteiger partial charge < -0.3 is 29.4 Å². The molecule has 136 valence electrons. The number of rotatable bonds is 5. The molecular formula is C18H25N3O4. The zero-order valence-electron chi connectivity index (χ0n) is 15.1. The van der Waals surface area contributed by atoms with Gasteiger partial charge in [0, 0.05) is 24.0 Å². The molecule has 1 fully saturated rings. The van der Waals surface area contributed by atoms with Crippen LogP contribution in [0, 0.1) is 0 Å². The molecule has 7 heteroatoms. The minimum atomic E-state index is -0.125. The average Bonchev–Trinajstić information content (AvgIpc) is 3.05. The van der Waals surface area contributed by atoms with Crippen molar-refractivity contribution in [1.29, 1.82) is 0 Å². The summed E-state index contributed by atoms with van der Waals surface area (Å²) in [7, 11) is 6.80. The molecule has 2 N–H and O–H groups in total. The number of amides is 1. The van der Waals surface area contributed by atoms with Crippen LogP contribution in [0.4, 0.5) is 0 Å². The van der Waals surface area contributed by atoms with Crippen LogP contribution in [0.2, 0.25) is 0 Å². The van der Waals surface area contributed by atoms with E-state index in [1.54, 1.807) is 33.5 Å². The predicted molar refractivity (Wildman–Crippen MR) is 95.9 cm³/mol. The van der Waals surface area contributed by atoms with E-state index in [2.05, 4.69) is 22.2 Å². The molecular weight excluding hydrogens is 322 g/mol. The first-order valence-electron chi connectivity index (χ1n) is 8.38. The number of ether oxygens (including phenoxy) is 3. The van der Waals surface area contributed by atoms with E-state index in [4.69, 9.17) is 14.2 Å². The van der Waals surface area contributed by atoms with E-state index < -0.39 is 0 Å². The zero-order chi connectivity index (χ0) is 18.0. The van der Waals surface area contributed by atoms with Crippen LogP contribution in [0.15, 0.2) is 12.1 Å². The normalized spacial score (nSPS) is 18.2. The molecule has 0 spiro atoms. The first kappa shape index (κ1) is 17.4. The number of fused-ring (bicyclic) bond motifs is 1. The Labute approximate surface area is 147 Å². The molecule has 0 bridgehead atoms. The minimum absolute atomic E-state index is 0.125. The number of likely N-dealkylation sites (N-methyl/N-ethyl adjacent to an activating group) is 1. The highest BCUT2D eigenvalue weighted by molar-refractivity contribution is 6.02. The highest BCUT2D eigenvalue weighted by atomic mass is 16.5. The summed E-state index contributed by atoms with van der Waals surface area (Å²) in [5, 5.41) is 3.89. The lowest BCUT2D eigenvalue weighted by molar-refractivity contribution is 0.0908. The van der Waals surface area contributed by atoms with Gasteiger partial charge in [0.05, 0.1) is 26.8 Å². The number of nitrogens with zero attached hydrogens (tertiary/aromatic N) is 1. The summed E-state index contributed by atoms with van der Waals surface area (Å²) in [6.07, 6.45) is 2.09. The summed E-state index contributed by atoms with van der Waals surface area (Å²) in [6, 6.07) is 3.71. The minimum Gasteiger partial charge on any atom is -0.496 e. The number of hydrogen-bond donors (Lipinski definition) is 2. The monoisotopic (exact) mass is 347 g/mol. The number of H-pyrrole nitrogens is 1. The van der Waals surface area contributed by atoms with Gasteiger partial charge >= 0.3 is 0 Å². The van der Waals surface area contributed by atoms with Crippen LogP contribution in [0.25, 0.3) is 10.9 Å². The quantitative estimate of drug-likeness (QED) is 0.865. The maximum Gasteiger partial charge on any atom is 0.267 e. The number of methoxy groups -OCH3 is 3. The predicted octanol–water partition coefficient (Wildman–Crippen LogP) is 2.02. The van der Waals surface area contributed by atoms with Crippen molar-refractivity contribution in [1.82, 2.24) is 15.2 Å². The highest BCUT2D eigenvalue weighted by Crippen LogP contribution is 2.41. The topological polar surface area (TPSA) is 75.8 Å². The molecule has 1 aliphatic heterocycles. The van der Waals surface area contributed by atoms with E-state index in [0.717, 1.165) is 31.3 Å². The molecule has 1 saturated heterocycles. The number of benzene rings is 1. The molecule has 0 radical (unpaired) electrons. The van der Waals surface area contributed by atoms with Gasteiger partial charge in [0.2, 0.25) is 0 Å². The summed E-state index contributed by atoms with van der Waals surface area (Å²) in [4.78, 5) is 18.1. The first-order valence-corrected chi connectivity index (χ1v) is 8.38. The lowest BCUT2D eigenvalue weighted by Crippen LogP contribution is -2.46. The fraction of sp³-hybridized carbons (Fsp3) is 0.500. The van der Waals surface area contributed by atoms with Crippen molar-refractivity contribution in [3.63, 3.8) is 0 Å². The van der Waals surface area contributed by atoms with Crippen LogP contribution < -0.4 is 19.5 Å². The standard InChI is InChI=1S/C18H25N3O4/c1-21-7-5-6-11(10-21)19-18(22)13-8-12-14(23-2)9-15(24-3)17(25-4)16(12)20-13/h8-9,11,20H,5-7,10H2,1-4H3,(H,19,22)/t11-/m0/s1. The third-order valence-electron chi connectivity index (χ3n) is 4.64.